The number of rotatable bonds is 9. The van der Waals surface area contributed by atoms with Crippen molar-refractivity contribution in [2.24, 2.45) is 0 Å². The van der Waals surface area contributed by atoms with E-state index < -0.39 is 12.0 Å². The van der Waals surface area contributed by atoms with Gasteiger partial charge in [0.15, 0.2) is 0 Å². The summed E-state index contributed by atoms with van der Waals surface area (Å²) in [6, 6.07) is 8.36. The minimum absolute atomic E-state index is 0. The van der Waals surface area contributed by atoms with Crippen molar-refractivity contribution < 1.29 is 26.7 Å². The molecule has 0 heterocycles. The van der Waals surface area contributed by atoms with Gasteiger partial charge in [-0.25, -0.2) is 0 Å². The van der Waals surface area contributed by atoms with E-state index in [0.717, 1.165) is 5.56 Å². The summed E-state index contributed by atoms with van der Waals surface area (Å²) in [5.41, 5.74) is 28.9. The van der Waals surface area contributed by atoms with Gasteiger partial charge in [0.05, 0.1) is 0 Å². The Morgan fingerprint density at radius 1 is 1.00 bits per heavy atom. The van der Waals surface area contributed by atoms with Crippen molar-refractivity contribution in [3.8, 4) is 0 Å². The first-order valence-electron chi connectivity index (χ1n) is 7.21. The van der Waals surface area contributed by atoms with E-state index >= 15 is 0 Å². The molecule has 132 valence electrons. The average Bonchev–Trinajstić information content (AvgIpc) is 2.49. The Hall–Kier alpha value is -1.00. The van der Waals surface area contributed by atoms with Crippen molar-refractivity contribution in [2.75, 3.05) is 39.3 Å². The van der Waals surface area contributed by atoms with Gasteiger partial charge in [-0.15, -0.1) is 19.6 Å². The Bertz CT molecular complexity index is 380. The summed E-state index contributed by atoms with van der Waals surface area (Å²) in [5, 5.41) is 6.71. The van der Waals surface area contributed by atoms with Crippen molar-refractivity contribution in [1.29, 1.82) is 0 Å². The molecule has 0 bridgehead atoms. The van der Waals surface area contributed by atoms with E-state index in [1.807, 2.05) is 35.2 Å². The fourth-order valence-corrected chi connectivity index (χ4v) is 1.75. The van der Waals surface area contributed by atoms with E-state index in [4.69, 9.17) is 28.0 Å². The molecule has 0 saturated heterocycles. The molecule has 0 radical (unpaired) electrons. The van der Waals surface area contributed by atoms with Crippen LogP contribution in [0.25, 0.3) is 22.9 Å². The maximum Gasteiger partial charge on any atom is 3.00 e. The molecule has 0 aliphatic heterocycles. The minimum atomic E-state index is -0.938. The molecule has 1 aromatic rings. The van der Waals surface area contributed by atoms with Crippen LogP contribution in [0.5, 0.6) is 0 Å². The molecule has 1 aromatic carbocycles. The van der Waals surface area contributed by atoms with Gasteiger partial charge in [0.25, 0.3) is 0 Å². The number of nitrogens with one attached hydrogen (secondary N) is 4. The van der Waals surface area contributed by atoms with Crippen LogP contribution in [0, 0.1) is 0 Å². The molecule has 0 fully saturated rings. The summed E-state index contributed by atoms with van der Waals surface area (Å²) >= 11 is 0. The second-order valence-corrected chi connectivity index (χ2v) is 4.70. The molecule has 0 aromatic heterocycles. The number of hydrogen-bond donors (Lipinski definition) is 0. The van der Waals surface area contributed by atoms with Gasteiger partial charge in [0.2, 0.25) is 0 Å². The molecule has 7 nitrogen and oxygen atoms in total. The molecule has 1 unspecified atom stereocenters. The van der Waals surface area contributed by atoms with Crippen LogP contribution in [0.2, 0.25) is 0 Å². The van der Waals surface area contributed by atoms with Gasteiger partial charge < -0.3 is 32.9 Å². The molecule has 0 aliphatic carbocycles. The summed E-state index contributed by atoms with van der Waals surface area (Å²) < 4.78 is 0. The van der Waals surface area contributed by atoms with E-state index in [9.17, 15) is 4.79 Å². The van der Waals surface area contributed by atoms with Crippen molar-refractivity contribution in [1.82, 2.24) is 4.90 Å². The monoisotopic (exact) mass is 367 g/mol. The fourth-order valence-electron chi connectivity index (χ4n) is 1.75. The van der Waals surface area contributed by atoms with Crippen molar-refractivity contribution in [2.45, 2.75) is 12.5 Å². The Morgan fingerprint density at radius 2 is 1.43 bits per heavy atom. The van der Waals surface area contributed by atoms with E-state index in [-0.39, 0.29) is 16.8 Å². The van der Waals surface area contributed by atoms with Crippen molar-refractivity contribution in [3.63, 3.8) is 0 Å². The van der Waals surface area contributed by atoms with Gasteiger partial charge in [-0.3, -0.25) is 0 Å². The van der Waals surface area contributed by atoms with Crippen LogP contribution < -0.4 is 0 Å². The van der Waals surface area contributed by atoms with E-state index in [2.05, 4.69) is 0 Å². The second-order valence-electron chi connectivity index (χ2n) is 4.70. The van der Waals surface area contributed by atoms with Crippen molar-refractivity contribution in [3.05, 3.63) is 58.8 Å². The summed E-state index contributed by atoms with van der Waals surface area (Å²) in [4.78, 5) is 12.4. The third kappa shape index (κ3) is 13.2. The first-order valence-corrected chi connectivity index (χ1v) is 7.21. The van der Waals surface area contributed by atoms with Crippen LogP contribution in [0.15, 0.2) is 30.3 Å². The Balaban J connectivity index is 0. The van der Waals surface area contributed by atoms with Gasteiger partial charge in [-0.05, 0) is 31.6 Å². The zero-order chi connectivity index (χ0) is 16.8. The number of nitrogens with zero attached hydrogens (tertiary/aromatic N) is 1. The molecule has 0 aliphatic rings. The molecule has 6 N–H and O–H groups in total. The molecular weight excluding hydrogens is 341 g/mol. The zero-order valence-corrected chi connectivity index (χ0v) is 14.1. The summed E-state index contributed by atoms with van der Waals surface area (Å²) in [5.74, 6) is -0.821. The van der Waals surface area contributed by atoms with E-state index in [1.54, 1.807) is 0 Å². The van der Waals surface area contributed by atoms with E-state index in [1.165, 1.54) is 0 Å². The number of benzene rings is 1. The second kappa shape index (κ2) is 15.9. The molecule has 1 rings (SSSR count). The largest absolute Gasteiger partial charge is 3.00 e. The Kier molecular flexibility index (Phi) is 16.7. The number of hydrogen-bond acceptors (Lipinski definition) is 2. The predicted molar refractivity (Wildman–Crippen MR) is 90.9 cm³/mol. The normalized spacial score (nSPS) is 11.2. The van der Waals surface area contributed by atoms with Crippen LogP contribution in [-0.2, 0) is 28.0 Å². The summed E-state index contributed by atoms with van der Waals surface area (Å²) in [7, 11) is 0. The summed E-state index contributed by atoms with van der Waals surface area (Å²) in [6.45, 7) is 3.24. The minimum Gasteiger partial charge on any atom is -0.676 e. The fraction of sp³-hybridized carbons (Fsp3) is 0.533. The molecular formula is C15H26CoN5O2. The average molecular weight is 367 g/mol. The van der Waals surface area contributed by atoms with Gasteiger partial charge in [-0.1, -0.05) is 30.3 Å². The van der Waals surface area contributed by atoms with Crippen LogP contribution in [0.1, 0.15) is 5.56 Å². The first kappa shape index (κ1) is 24.3. The number of carbonyl (C=O) groups is 1. The quantitative estimate of drug-likeness (QED) is 0.618. The van der Waals surface area contributed by atoms with Gasteiger partial charge in [0, 0.05) is 10.8 Å². The smallest absolute Gasteiger partial charge is 0.676 e. The predicted octanol–water partition coefficient (Wildman–Crippen LogP) is 2.34. The maximum absolute atomic E-state index is 10.4. The molecule has 1 atom stereocenters. The Labute approximate surface area is 148 Å². The van der Waals surface area contributed by atoms with Gasteiger partial charge in [-0.2, -0.15) is 0 Å². The Morgan fingerprint density at radius 3 is 1.78 bits per heavy atom. The first-order chi connectivity index (χ1) is 10.5. The van der Waals surface area contributed by atoms with Gasteiger partial charge >= 0.3 is 22.7 Å². The molecule has 0 spiro atoms. The summed E-state index contributed by atoms with van der Waals surface area (Å²) in [6.07, 6.45) is 0.336. The molecule has 23 heavy (non-hydrogen) atoms. The topological polar surface area (TPSA) is 138 Å². The van der Waals surface area contributed by atoms with Crippen LogP contribution >= 0.6 is 0 Å². The molecule has 0 amide bonds. The van der Waals surface area contributed by atoms with Crippen LogP contribution in [-0.4, -0.2) is 61.3 Å². The maximum atomic E-state index is 10.4. The third-order valence-electron chi connectivity index (χ3n) is 2.88. The zero-order valence-electron chi connectivity index (χ0n) is 13.1. The van der Waals surface area contributed by atoms with Gasteiger partial charge in [0.1, 0.15) is 0 Å². The van der Waals surface area contributed by atoms with Crippen LogP contribution in [0.4, 0.5) is 0 Å². The molecule has 8 heteroatoms. The van der Waals surface area contributed by atoms with E-state index in [0.29, 0.717) is 45.7 Å². The number of carbonyl (C=O) groups excluding carboxylic acids is 1. The third-order valence-corrected chi connectivity index (χ3v) is 2.88. The molecule has 0 saturated carbocycles. The van der Waals surface area contributed by atoms with Crippen molar-refractivity contribution >= 4 is 5.97 Å². The van der Waals surface area contributed by atoms with Crippen LogP contribution in [0.3, 0.4) is 0 Å². The standard InChI is InChI=1S/C9H10NO2.C6H15N4.Co/c10-8(9(11)12)6-7-4-2-1-3-5-7;7-1-4-10(5-2-8)6-3-9;/h1-5,8,10H,6H2,(H,11,12);7-9H,1-6H2;/q-1;-3;+3/p+1. The SMILES string of the molecule is [Co+3].[NH-]C(Cc1ccccc1)C(=O)[OH2+].[NH-]CCN(CC[NH-])CC[NH-].